The molecule has 0 aromatic rings. The number of hydrogen-bond acceptors (Lipinski definition) is 3. The molecule has 1 saturated carbocycles. The van der Waals surface area contributed by atoms with Crippen LogP contribution < -0.4 is 10.6 Å². The standard InChI is InChI=1S/C12H24N2OS/c1-16-10-12(15)14-9-8-13-11-6-4-2-3-5-7-11/h11,13H,2-10H2,1H3,(H,14,15). The fourth-order valence-electron chi connectivity index (χ4n) is 2.14. The van der Waals surface area contributed by atoms with Crippen LogP contribution in [0.3, 0.4) is 0 Å². The summed E-state index contributed by atoms with van der Waals surface area (Å²) in [5.74, 6) is 0.721. The third-order valence-electron chi connectivity index (χ3n) is 3.01. The van der Waals surface area contributed by atoms with Crippen molar-refractivity contribution in [3.63, 3.8) is 0 Å². The van der Waals surface area contributed by atoms with E-state index in [4.69, 9.17) is 0 Å². The molecule has 2 N–H and O–H groups in total. The van der Waals surface area contributed by atoms with Crippen LogP contribution in [0, 0.1) is 0 Å². The fraction of sp³-hybridized carbons (Fsp3) is 0.917. The number of rotatable bonds is 6. The molecule has 0 atom stereocenters. The third-order valence-corrected chi connectivity index (χ3v) is 3.56. The van der Waals surface area contributed by atoms with E-state index in [-0.39, 0.29) is 5.91 Å². The monoisotopic (exact) mass is 244 g/mol. The molecule has 94 valence electrons. The van der Waals surface area contributed by atoms with Crippen LogP contribution >= 0.6 is 11.8 Å². The summed E-state index contributed by atoms with van der Waals surface area (Å²) in [5, 5.41) is 6.45. The van der Waals surface area contributed by atoms with E-state index in [9.17, 15) is 4.79 Å². The molecule has 0 aromatic heterocycles. The maximum absolute atomic E-state index is 11.2. The number of carbonyl (C=O) groups excluding carboxylic acids is 1. The van der Waals surface area contributed by atoms with Crippen molar-refractivity contribution in [1.29, 1.82) is 0 Å². The minimum atomic E-state index is 0.148. The molecule has 4 heteroatoms. The highest BCUT2D eigenvalue weighted by Gasteiger charge is 2.10. The number of amides is 1. The highest BCUT2D eigenvalue weighted by Crippen LogP contribution is 2.16. The van der Waals surface area contributed by atoms with Crippen LogP contribution in [-0.2, 0) is 4.79 Å². The van der Waals surface area contributed by atoms with Gasteiger partial charge in [-0.15, -0.1) is 0 Å². The van der Waals surface area contributed by atoms with Gasteiger partial charge in [-0.1, -0.05) is 25.7 Å². The number of hydrogen-bond donors (Lipinski definition) is 2. The lowest BCUT2D eigenvalue weighted by atomic mass is 10.1. The van der Waals surface area contributed by atoms with Crippen molar-refractivity contribution >= 4 is 17.7 Å². The van der Waals surface area contributed by atoms with Gasteiger partial charge in [0.2, 0.25) is 5.91 Å². The molecule has 0 radical (unpaired) electrons. The quantitative estimate of drug-likeness (QED) is 0.553. The molecule has 3 nitrogen and oxygen atoms in total. The molecular weight excluding hydrogens is 220 g/mol. The van der Waals surface area contributed by atoms with Crippen LogP contribution in [-0.4, -0.2) is 37.0 Å². The highest BCUT2D eigenvalue weighted by molar-refractivity contribution is 7.99. The Labute approximate surface area is 103 Å². The number of nitrogens with one attached hydrogen (secondary N) is 2. The maximum atomic E-state index is 11.2. The second kappa shape index (κ2) is 8.88. The Morgan fingerprint density at radius 1 is 1.19 bits per heavy atom. The Bertz CT molecular complexity index is 191. The van der Waals surface area contributed by atoms with Crippen molar-refractivity contribution in [1.82, 2.24) is 10.6 Å². The van der Waals surface area contributed by atoms with Crippen molar-refractivity contribution in [2.75, 3.05) is 25.1 Å². The molecule has 1 amide bonds. The second-order valence-electron chi connectivity index (χ2n) is 4.43. The van der Waals surface area contributed by atoms with Gasteiger partial charge in [0.1, 0.15) is 0 Å². The molecular formula is C12H24N2OS. The lowest BCUT2D eigenvalue weighted by molar-refractivity contribution is -0.118. The van der Waals surface area contributed by atoms with E-state index in [1.54, 1.807) is 11.8 Å². The predicted molar refractivity (Wildman–Crippen MR) is 70.9 cm³/mol. The average molecular weight is 244 g/mol. The van der Waals surface area contributed by atoms with E-state index < -0.39 is 0 Å². The molecule has 0 bridgehead atoms. The van der Waals surface area contributed by atoms with Crippen LogP contribution in [0.25, 0.3) is 0 Å². The van der Waals surface area contributed by atoms with Crippen LogP contribution in [0.5, 0.6) is 0 Å². The minimum Gasteiger partial charge on any atom is -0.354 e. The van der Waals surface area contributed by atoms with Gasteiger partial charge >= 0.3 is 0 Å². The minimum absolute atomic E-state index is 0.148. The molecule has 1 fully saturated rings. The molecule has 1 aliphatic carbocycles. The molecule has 0 spiro atoms. The molecule has 0 saturated heterocycles. The zero-order chi connectivity index (χ0) is 11.6. The normalized spacial score (nSPS) is 18.1. The molecule has 0 aliphatic heterocycles. The summed E-state index contributed by atoms with van der Waals surface area (Å²) >= 11 is 1.57. The number of thioether (sulfide) groups is 1. The number of carbonyl (C=O) groups is 1. The van der Waals surface area contributed by atoms with Gasteiger partial charge in [-0.3, -0.25) is 4.79 Å². The Kier molecular flexibility index (Phi) is 7.68. The summed E-state index contributed by atoms with van der Waals surface area (Å²) < 4.78 is 0. The van der Waals surface area contributed by atoms with Gasteiger partial charge < -0.3 is 10.6 Å². The zero-order valence-corrected chi connectivity index (χ0v) is 11.1. The van der Waals surface area contributed by atoms with Crippen molar-refractivity contribution < 1.29 is 4.79 Å². The molecule has 1 rings (SSSR count). The first-order valence-electron chi connectivity index (χ1n) is 6.32. The van der Waals surface area contributed by atoms with E-state index in [0.717, 1.165) is 13.1 Å². The summed E-state index contributed by atoms with van der Waals surface area (Å²) in [7, 11) is 0. The summed E-state index contributed by atoms with van der Waals surface area (Å²) in [6.45, 7) is 1.67. The van der Waals surface area contributed by atoms with Gasteiger partial charge in [-0.2, -0.15) is 11.8 Å². The van der Waals surface area contributed by atoms with Crippen LogP contribution in [0.2, 0.25) is 0 Å². The van der Waals surface area contributed by atoms with Crippen molar-refractivity contribution in [2.24, 2.45) is 0 Å². The molecule has 16 heavy (non-hydrogen) atoms. The van der Waals surface area contributed by atoms with Crippen molar-refractivity contribution in [3.8, 4) is 0 Å². The van der Waals surface area contributed by atoms with Gasteiger partial charge in [0.05, 0.1) is 5.75 Å². The summed E-state index contributed by atoms with van der Waals surface area (Å²) in [6, 6.07) is 0.681. The summed E-state index contributed by atoms with van der Waals surface area (Å²) in [5.41, 5.74) is 0. The molecule has 0 unspecified atom stereocenters. The third kappa shape index (κ3) is 6.38. The second-order valence-corrected chi connectivity index (χ2v) is 5.29. The molecule has 0 aromatic carbocycles. The Balaban J connectivity index is 1.99. The van der Waals surface area contributed by atoms with Crippen molar-refractivity contribution in [2.45, 2.75) is 44.6 Å². The van der Waals surface area contributed by atoms with E-state index in [1.165, 1.54) is 38.5 Å². The largest absolute Gasteiger partial charge is 0.354 e. The van der Waals surface area contributed by atoms with Crippen molar-refractivity contribution in [3.05, 3.63) is 0 Å². The van der Waals surface area contributed by atoms with Gasteiger partial charge in [0.25, 0.3) is 0 Å². The fourth-order valence-corrected chi connectivity index (χ4v) is 2.51. The zero-order valence-electron chi connectivity index (χ0n) is 10.3. The van der Waals surface area contributed by atoms with Crippen LogP contribution in [0.15, 0.2) is 0 Å². The first-order chi connectivity index (χ1) is 7.83. The van der Waals surface area contributed by atoms with Gasteiger partial charge in [0, 0.05) is 19.1 Å². The average Bonchev–Trinajstić information content (AvgIpc) is 2.53. The topological polar surface area (TPSA) is 41.1 Å². The Morgan fingerprint density at radius 2 is 1.88 bits per heavy atom. The van der Waals surface area contributed by atoms with Crippen LogP contribution in [0.1, 0.15) is 38.5 Å². The maximum Gasteiger partial charge on any atom is 0.230 e. The lowest BCUT2D eigenvalue weighted by Crippen LogP contribution is -2.37. The summed E-state index contributed by atoms with van der Waals surface area (Å²) in [4.78, 5) is 11.2. The predicted octanol–water partition coefficient (Wildman–Crippen LogP) is 1.78. The Morgan fingerprint density at radius 3 is 2.50 bits per heavy atom. The van der Waals surface area contributed by atoms with E-state index in [0.29, 0.717) is 11.8 Å². The SMILES string of the molecule is CSCC(=O)NCCNC1CCCCCC1. The van der Waals surface area contributed by atoms with E-state index in [2.05, 4.69) is 10.6 Å². The summed E-state index contributed by atoms with van der Waals surface area (Å²) in [6.07, 6.45) is 10.1. The Hall–Kier alpha value is -0.220. The molecule has 0 heterocycles. The van der Waals surface area contributed by atoms with Gasteiger partial charge in [-0.25, -0.2) is 0 Å². The lowest BCUT2D eigenvalue weighted by Gasteiger charge is -2.16. The van der Waals surface area contributed by atoms with Crippen LogP contribution in [0.4, 0.5) is 0 Å². The van der Waals surface area contributed by atoms with Gasteiger partial charge in [0.15, 0.2) is 0 Å². The first kappa shape index (κ1) is 13.8. The first-order valence-corrected chi connectivity index (χ1v) is 7.71. The van der Waals surface area contributed by atoms with E-state index >= 15 is 0 Å². The van der Waals surface area contributed by atoms with E-state index in [1.807, 2.05) is 6.26 Å². The smallest absolute Gasteiger partial charge is 0.230 e. The van der Waals surface area contributed by atoms with Gasteiger partial charge in [-0.05, 0) is 19.1 Å². The molecule has 1 aliphatic rings. The highest BCUT2D eigenvalue weighted by atomic mass is 32.2.